The average molecular weight is 396 g/mol. The van der Waals surface area contributed by atoms with Gasteiger partial charge in [-0.3, -0.25) is 0 Å². The lowest BCUT2D eigenvalue weighted by Gasteiger charge is -2.26. The summed E-state index contributed by atoms with van der Waals surface area (Å²) >= 11 is 0. The first-order valence-electron chi connectivity index (χ1n) is 10.5. The number of hydrogen-bond donors (Lipinski definition) is 2. The van der Waals surface area contributed by atoms with Gasteiger partial charge in [-0.25, -0.2) is 19.5 Å². The van der Waals surface area contributed by atoms with Crippen LogP contribution in [0.5, 0.6) is 5.75 Å². The molecule has 3 aromatic heterocycles. The molecule has 0 spiro atoms. The Bertz CT molecular complexity index is 961. The molecule has 29 heavy (non-hydrogen) atoms. The van der Waals surface area contributed by atoms with Crippen molar-refractivity contribution in [2.24, 2.45) is 0 Å². The number of rotatable bonds is 5. The number of methoxy groups -OCH3 is 1. The van der Waals surface area contributed by atoms with E-state index in [0.717, 1.165) is 60.8 Å². The first-order chi connectivity index (χ1) is 14.3. The van der Waals surface area contributed by atoms with Crippen molar-refractivity contribution in [3.63, 3.8) is 0 Å². The van der Waals surface area contributed by atoms with Gasteiger partial charge in [0.25, 0.3) is 0 Å². The molecule has 1 saturated heterocycles. The van der Waals surface area contributed by atoms with Crippen molar-refractivity contribution >= 4 is 11.6 Å². The van der Waals surface area contributed by atoms with Gasteiger partial charge >= 0.3 is 0 Å². The summed E-state index contributed by atoms with van der Waals surface area (Å²) in [7, 11) is 1.69. The standard InChI is InChI=1S/C19H23N7O.C2H6/c1-27-16-9-17-22-11-15(26(17)25-18(16)12-3-2-4-12)14-6-8-21-19(24-14)23-13-5-7-20-10-13;1-2/h6,8-9,11-13,20H,2-5,7,10H2,1H3,(H,21,23,24);1-2H3. The monoisotopic (exact) mass is 395 g/mol. The van der Waals surface area contributed by atoms with Crippen LogP contribution in [0.25, 0.3) is 17.0 Å². The predicted octanol–water partition coefficient (Wildman–Crippen LogP) is 3.26. The number of fused-ring (bicyclic) bond motifs is 1. The van der Waals surface area contributed by atoms with Gasteiger partial charge in [-0.15, -0.1) is 0 Å². The van der Waals surface area contributed by atoms with E-state index in [2.05, 4.69) is 20.6 Å². The molecule has 1 aliphatic carbocycles. The smallest absolute Gasteiger partial charge is 0.223 e. The maximum atomic E-state index is 5.56. The van der Waals surface area contributed by atoms with Crippen LogP contribution in [0, 0.1) is 0 Å². The fraction of sp³-hybridized carbons (Fsp3) is 0.524. The number of anilines is 1. The molecule has 1 unspecified atom stereocenters. The average Bonchev–Trinajstić information content (AvgIpc) is 3.37. The van der Waals surface area contributed by atoms with Crippen molar-refractivity contribution in [3.8, 4) is 17.1 Å². The summed E-state index contributed by atoms with van der Waals surface area (Å²) in [6.07, 6.45) is 8.25. The Morgan fingerprint density at radius 2 is 2.07 bits per heavy atom. The van der Waals surface area contributed by atoms with Gasteiger partial charge in [0.2, 0.25) is 5.95 Å². The van der Waals surface area contributed by atoms with E-state index in [-0.39, 0.29) is 0 Å². The molecule has 2 aliphatic rings. The second-order valence-electron chi connectivity index (χ2n) is 7.24. The van der Waals surface area contributed by atoms with Gasteiger partial charge < -0.3 is 15.4 Å². The van der Waals surface area contributed by atoms with Crippen molar-refractivity contribution in [3.05, 3.63) is 30.2 Å². The Balaban J connectivity index is 0.000000994. The third kappa shape index (κ3) is 3.89. The molecule has 1 saturated carbocycles. The lowest BCUT2D eigenvalue weighted by atomic mass is 9.82. The molecular formula is C21H29N7O. The molecule has 1 aliphatic heterocycles. The SMILES string of the molecule is CC.COc1cc2ncc(-c3ccnc(NC4CCNC4)n3)n2nc1C1CCC1. The quantitative estimate of drug-likeness (QED) is 0.685. The van der Waals surface area contributed by atoms with Gasteiger partial charge in [0.1, 0.15) is 17.1 Å². The van der Waals surface area contributed by atoms with Crippen molar-refractivity contribution in [1.82, 2.24) is 29.9 Å². The molecule has 8 nitrogen and oxygen atoms in total. The van der Waals surface area contributed by atoms with Crippen LogP contribution in [0.4, 0.5) is 5.95 Å². The van der Waals surface area contributed by atoms with Crippen molar-refractivity contribution in [2.45, 2.75) is 51.5 Å². The number of imidazole rings is 1. The third-order valence-corrected chi connectivity index (χ3v) is 5.51. The molecule has 3 aromatic rings. The summed E-state index contributed by atoms with van der Waals surface area (Å²) in [6.45, 7) is 5.97. The van der Waals surface area contributed by atoms with E-state index in [1.165, 1.54) is 6.42 Å². The molecule has 0 aromatic carbocycles. The van der Waals surface area contributed by atoms with Gasteiger partial charge in [0.05, 0.1) is 19.0 Å². The van der Waals surface area contributed by atoms with E-state index >= 15 is 0 Å². The number of ether oxygens (including phenoxy) is 1. The molecule has 0 bridgehead atoms. The summed E-state index contributed by atoms with van der Waals surface area (Å²) in [4.78, 5) is 13.6. The van der Waals surface area contributed by atoms with E-state index < -0.39 is 0 Å². The maximum absolute atomic E-state index is 5.56. The van der Waals surface area contributed by atoms with Crippen LogP contribution in [0.15, 0.2) is 24.5 Å². The lowest BCUT2D eigenvalue weighted by Crippen LogP contribution is -2.23. The predicted molar refractivity (Wildman–Crippen MR) is 113 cm³/mol. The molecule has 0 amide bonds. The van der Waals surface area contributed by atoms with Gasteiger partial charge in [-0.1, -0.05) is 20.3 Å². The summed E-state index contributed by atoms with van der Waals surface area (Å²) < 4.78 is 7.44. The molecule has 8 heteroatoms. The topological polar surface area (TPSA) is 89.3 Å². The highest BCUT2D eigenvalue weighted by molar-refractivity contribution is 5.61. The maximum Gasteiger partial charge on any atom is 0.223 e. The van der Waals surface area contributed by atoms with Crippen LogP contribution in [0.2, 0.25) is 0 Å². The van der Waals surface area contributed by atoms with Crippen LogP contribution >= 0.6 is 0 Å². The highest BCUT2D eigenvalue weighted by Crippen LogP contribution is 2.40. The van der Waals surface area contributed by atoms with Crippen molar-refractivity contribution < 1.29 is 4.74 Å². The van der Waals surface area contributed by atoms with Crippen LogP contribution in [0.1, 0.15) is 51.1 Å². The zero-order chi connectivity index (χ0) is 20.2. The number of nitrogens with one attached hydrogen (secondary N) is 2. The summed E-state index contributed by atoms with van der Waals surface area (Å²) in [5, 5.41) is 11.6. The number of aromatic nitrogens is 5. The lowest BCUT2D eigenvalue weighted by molar-refractivity contribution is 0.362. The van der Waals surface area contributed by atoms with Crippen LogP contribution in [-0.4, -0.2) is 50.8 Å². The van der Waals surface area contributed by atoms with Crippen LogP contribution in [0.3, 0.4) is 0 Å². The highest BCUT2D eigenvalue weighted by atomic mass is 16.5. The van der Waals surface area contributed by atoms with Gasteiger partial charge in [0.15, 0.2) is 5.65 Å². The van der Waals surface area contributed by atoms with Crippen LogP contribution in [-0.2, 0) is 0 Å². The Hall–Kier alpha value is -2.74. The summed E-state index contributed by atoms with van der Waals surface area (Å²) in [5.74, 6) is 1.93. The molecule has 154 valence electrons. The minimum atomic E-state index is 0.370. The van der Waals surface area contributed by atoms with Crippen molar-refractivity contribution in [2.75, 3.05) is 25.5 Å². The Morgan fingerprint density at radius 1 is 1.21 bits per heavy atom. The second-order valence-corrected chi connectivity index (χ2v) is 7.24. The third-order valence-electron chi connectivity index (χ3n) is 5.51. The Labute approximate surface area is 171 Å². The summed E-state index contributed by atoms with van der Waals surface area (Å²) in [6, 6.07) is 4.24. The molecule has 0 radical (unpaired) electrons. The first-order valence-corrected chi connectivity index (χ1v) is 10.5. The molecule has 2 fully saturated rings. The van der Waals surface area contributed by atoms with E-state index in [4.69, 9.17) is 14.8 Å². The summed E-state index contributed by atoms with van der Waals surface area (Å²) in [5.41, 5.74) is 3.45. The normalized spacial score (nSPS) is 18.8. The minimum absolute atomic E-state index is 0.370. The zero-order valence-corrected chi connectivity index (χ0v) is 17.4. The van der Waals surface area contributed by atoms with E-state index in [0.29, 0.717) is 17.9 Å². The minimum Gasteiger partial charge on any atom is -0.495 e. The van der Waals surface area contributed by atoms with E-state index in [1.54, 1.807) is 13.3 Å². The fourth-order valence-electron chi connectivity index (χ4n) is 3.75. The largest absolute Gasteiger partial charge is 0.495 e. The highest BCUT2D eigenvalue weighted by Gasteiger charge is 2.26. The molecule has 1 atom stereocenters. The molecule has 2 N–H and O–H groups in total. The first kappa shape index (κ1) is 19.6. The number of nitrogens with zero attached hydrogens (tertiary/aromatic N) is 5. The molecular weight excluding hydrogens is 366 g/mol. The molecule has 4 heterocycles. The van der Waals surface area contributed by atoms with Crippen molar-refractivity contribution in [1.29, 1.82) is 0 Å². The van der Waals surface area contributed by atoms with Gasteiger partial charge in [-0.05, 0) is 31.9 Å². The van der Waals surface area contributed by atoms with Gasteiger partial charge in [0, 0.05) is 30.8 Å². The van der Waals surface area contributed by atoms with Gasteiger partial charge in [-0.2, -0.15) is 5.10 Å². The Morgan fingerprint density at radius 3 is 2.76 bits per heavy atom. The van der Waals surface area contributed by atoms with E-state index in [1.807, 2.05) is 36.7 Å². The molecule has 5 rings (SSSR count). The number of hydrogen-bond acceptors (Lipinski definition) is 7. The fourth-order valence-corrected chi connectivity index (χ4v) is 3.75. The zero-order valence-electron chi connectivity index (χ0n) is 17.4. The van der Waals surface area contributed by atoms with E-state index in [9.17, 15) is 0 Å². The second kappa shape index (κ2) is 8.73. The van der Waals surface area contributed by atoms with Crippen LogP contribution < -0.4 is 15.4 Å². The Kier molecular flexibility index (Phi) is 5.89.